The van der Waals surface area contributed by atoms with E-state index in [9.17, 15) is 9.59 Å². The van der Waals surface area contributed by atoms with Crippen molar-refractivity contribution in [2.75, 3.05) is 11.9 Å². The predicted molar refractivity (Wildman–Crippen MR) is 146 cm³/mol. The molecule has 0 aliphatic carbocycles. The Kier molecular flexibility index (Phi) is 7.31. The topological polar surface area (TPSA) is 58.6 Å². The van der Waals surface area contributed by atoms with E-state index in [-0.39, 0.29) is 17.9 Å². The Hall–Kier alpha value is -4.38. The summed E-state index contributed by atoms with van der Waals surface area (Å²) >= 11 is 0. The predicted octanol–water partition coefficient (Wildman–Crippen LogP) is 6.27. The van der Waals surface area contributed by atoms with Gasteiger partial charge in [-0.3, -0.25) is 9.59 Å². The Morgan fingerprint density at radius 1 is 0.892 bits per heavy atom. The van der Waals surface area contributed by atoms with E-state index in [4.69, 9.17) is 4.74 Å². The van der Waals surface area contributed by atoms with E-state index in [0.717, 1.165) is 23.2 Å². The molecule has 1 heterocycles. The van der Waals surface area contributed by atoms with E-state index < -0.39 is 6.10 Å². The summed E-state index contributed by atoms with van der Waals surface area (Å²) in [6.45, 7) is 2.55. The van der Waals surface area contributed by atoms with Crippen molar-refractivity contribution in [3.63, 3.8) is 0 Å². The maximum absolute atomic E-state index is 13.6. The number of benzene rings is 4. The Balaban J connectivity index is 1.45. The molecule has 0 saturated carbocycles. The minimum absolute atomic E-state index is 0.0000908. The number of fused-ring (bicyclic) bond motifs is 1. The van der Waals surface area contributed by atoms with Crippen LogP contribution in [0.1, 0.15) is 46.4 Å². The van der Waals surface area contributed by atoms with Crippen molar-refractivity contribution >= 4 is 17.5 Å². The van der Waals surface area contributed by atoms with Gasteiger partial charge in [-0.15, -0.1) is 0 Å². The standard InChI is InChI=1S/C32H30N2O3/c1-2-29(31(35)33-26-16-10-5-11-17-26)37-27-19-18-23-20-21-34(32(36)25-14-8-4-9-15-25)30(28(23)22-27)24-12-6-3-7-13-24/h3-19,22,29-30H,2,20-21H2,1H3,(H,33,35). The first-order valence-electron chi connectivity index (χ1n) is 12.7. The lowest BCUT2D eigenvalue weighted by atomic mass is 9.87. The number of nitrogens with one attached hydrogen (secondary N) is 1. The Morgan fingerprint density at radius 2 is 1.54 bits per heavy atom. The molecule has 1 aliphatic rings. The molecule has 1 N–H and O–H groups in total. The highest BCUT2D eigenvalue weighted by molar-refractivity contribution is 5.95. The van der Waals surface area contributed by atoms with Crippen LogP contribution >= 0.6 is 0 Å². The third kappa shape index (κ3) is 5.41. The van der Waals surface area contributed by atoms with Gasteiger partial charge in [-0.1, -0.05) is 79.7 Å². The van der Waals surface area contributed by atoms with Crippen LogP contribution in [0.4, 0.5) is 5.69 Å². The quantitative estimate of drug-likeness (QED) is 0.332. The second-order valence-electron chi connectivity index (χ2n) is 9.16. The highest BCUT2D eigenvalue weighted by Crippen LogP contribution is 2.38. The van der Waals surface area contributed by atoms with Gasteiger partial charge >= 0.3 is 0 Å². The molecule has 0 bridgehead atoms. The summed E-state index contributed by atoms with van der Waals surface area (Å²) in [4.78, 5) is 28.5. The molecular formula is C32H30N2O3. The number of hydrogen-bond donors (Lipinski definition) is 1. The number of para-hydroxylation sites is 1. The monoisotopic (exact) mass is 490 g/mol. The van der Waals surface area contributed by atoms with Gasteiger partial charge in [0.15, 0.2) is 6.10 Å². The molecule has 4 aromatic rings. The van der Waals surface area contributed by atoms with Gasteiger partial charge < -0.3 is 15.0 Å². The number of anilines is 1. The molecule has 2 atom stereocenters. The third-order valence-electron chi connectivity index (χ3n) is 6.73. The maximum atomic E-state index is 13.6. The minimum Gasteiger partial charge on any atom is -0.481 e. The van der Waals surface area contributed by atoms with Crippen LogP contribution in [0.15, 0.2) is 109 Å². The summed E-state index contributed by atoms with van der Waals surface area (Å²) < 4.78 is 6.21. The van der Waals surface area contributed by atoms with Gasteiger partial charge in [0.05, 0.1) is 6.04 Å². The van der Waals surface area contributed by atoms with Crippen LogP contribution in [0, 0.1) is 0 Å². The van der Waals surface area contributed by atoms with E-state index in [2.05, 4.69) is 23.5 Å². The normalized spacial score (nSPS) is 15.4. The van der Waals surface area contributed by atoms with Crippen molar-refractivity contribution in [2.45, 2.75) is 31.9 Å². The van der Waals surface area contributed by atoms with Crippen LogP contribution in [0.5, 0.6) is 5.75 Å². The number of carbonyl (C=O) groups excluding carboxylic acids is 2. The Labute approximate surface area is 217 Å². The Bertz CT molecular complexity index is 1360. The molecular weight excluding hydrogens is 460 g/mol. The van der Waals surface area contributed by atoms with Gasteiger partial charge in [0.25, 0.3) is 11.8 Å². The van der Waals surface area contributed by atoms with Gasteiger partial charge in [-0.25, -0.2) is 0 Å². The maximum Gasteiger partial charge on any atom is 0.265 e. The summed E-state index contributed by atoms with van der Waals surface area (Å²) in [5, 5.41) is 2.93. The first kappa shape index (κ1) is 24.3. The molecule has 0 aromatic heterocycles. The fourth-order valence-electron chi connectivity index (χ4n) is 4.86. The third-order valence-corrected chi connectivity index (χ3v) is 6.73. The van der Waals surface area contributed by atoms with Gasteiger partial charge in [-0.05, 0) is 65.9 Å². The van der Waals surface area contributed by atoms with E-state index in [1.54, 1.807) is 0 Å². The van der Waals surface area contributed by atoms with Crippen LogP contribution in [0.3, 0.4) is 0 Å². The van der Waals surface area contributed by atoms with Gasteiger partial charge in [0.1, 0.15) is 5.75 Å². The van der Waals surface area contributed by atoms with Crippen LogP contribution < -0.4 is 10.1 Å². The number of carbonyl (C=O) groups is 2. The van der Waals surface area contributed by atoms with E-state index >= 15 is 0 Å². The second-order valence-corrected chi connectivity index (χ2v) is 9.16. The van der Waals surface area contributed by atoms with Crippen LogP contribution in [-0.4, -0.2) is 29.4 Å². The van der Waals surface area contributed by atoms with Crippen molar-refractivity contribution in [1.82, 2.24) is 4.90 Å². The molecule has 2 amide bonds. The van der Waals surface area contributed by atoms with Gasteiger partial charge in [0.2, 0.25) is 0 Å². The largest absolute Gasteiger partial charge is 0.481 e. The second kappa shape index (κ2) is 11.1. The van der Waals surface area contributed by atoms with Crippen LogP contribution in [-0.2, 0) is 11.2 Å². The van der Waals surface area contributed by atoms with Crippen LogP contribution in [0.2, 0.25) is 0 Å². The first-order valence-corrected chi connectivity index (χ1v) is 12.7. The lowest BCUT2D eigenvalue weighted by Gasteiger charge is -2.38. The molecule has 5 rings (SSSR count). The fourth-order valence-corrected chi connectivity index (χ4v) is 4.86. The average Bonchev–Trinajstić information content (AvgIpc) is 2.96. The average molecular weight is 491 g/mol. The van der Waals surface area contributed by atoms with Gasteiger partial charge in [0, 0.05) is 17.8 Å². The highest BCUT2D eigenvalue weighted by atomic mass is 16.5. The number of rotatable bonds is 7. The molecule has 0 saturated heterocycles. The van der Waals surface area contributed by atoms with Crippen molar-refractivity contribution in [2.24, 2.45) is 0 Å². The summed E-state index contributed by atoms with van der Waals surface area (Å²) in [5.41, 5.74) is 4.65. The summed E-state index contributed by atoms with van der Waals surface area (Å²) in [6, 6.07) is 34.6. The zero-order chi connectivity index (χ0) is 25.6. The van der Waals surface area contributed by atoms with Crippen molar-refractivity contribution in [3.8, 4) is 5.75 Å². The van der Waals surface area contributed by atoms with Crippen molar-refractivity contribution in [3.05, 3.63) is 131 Å². The smallest absolute Gasteiger partial charge is 0.265 e. The minimum atomic E-state index is -0.640. The Morgan fingerprint density at radius 3 is 2.22 bits per heavy atom. The van der Waals surface area contributed by atoms with Crippen LogP contribution in [0.25, 0.3) is 0 Å². The molecule has 0 radical (unpaired) electrons. The molecule has 186 valence electrons. The zero-order valence-corrected chi connectivity index (χ0v) is 20.8. The van der Waals surface area contributed by atoms with Gasteiger partial charge in [-0.2, -0.15) is 0 Å². The van der Waals surface area contributed by atoms with Crippen molar-refractivity contribution in [1.29, 1.82) is 0 Å². The lowest BCUT2D eigenvalue weighted by molar-refractivity contribution is -0.122. The molecule has 4 aromatic carbocycles. The van der Waals surface area contributed by atoms with E-state index in [0.29, 0.717) is 24.3 Å². The molecule has 1 aliphatic heterocycles. The molecule has 37 heavy (non-hydrogen) atoms. The number of nitrogens with zero attached hydrogens (tertiary/aromatic N) is 1. The molecule has 5 heteroatoms. The fraction of sp³-hybridized carbons (Fsp3) is 0.188. The summed E-state index contributed by atoms with van der Waals surface area (Å²) in [6.07, 6.45) is 0.638. The zero-order valence-electron chi connectivity index (χ0n) is 20.8. The van der Waals surface area contributed by atoms with Crippen molar-refractivity contribution < 1.29 is 14.3 Å². The number of hydrogen-bond acceptors (Lipinski definition) is 3. The number of amides is 2. The molecule has 0 fully saturated rings. The highest BCUT2D eigenvalue weighted by Gasteiger charge is 2.33. The molecule has 0 spiro atoms. The molecule has 5 nitrogen and oxygen atoms in total. The van der Waals surface area contributed by atoms with E-state index in [1.807, 2.05) is 103 Å². The number of ether oxygens (including phenoxy) is 1. The summed E-state index contributed by atoms with van der Waals surface area (Å²) in [7, 11) is 0. The van der Waals surface area contributed by atoms with E-state index in [1.165, 1.54) is 5.56 Å². The molecule has 2 unspecified atom stereocenters. The SMILES string of the molecule is CCC(Oc1ccc2c(c1)C(c1ccccc1)N(C(=O)c1ccccc1)CC2)C(=O)Nc1ccccc1. The first-order chi connectivity index (χ1) is 18.1. The summed E-state index contributed by atoms with van der Waals surface area (Å²) in [5.74, 6) is 0.427. The lowest BCUT2D eigenvalue weighted by Crippen LogP contribution is -2.40.